The second kappa shape index (κ2) is 6.98. The second-order valence-corrected chi connectivity index (χ2v) is 6.45. The molecule has 0 bridgehead atoms. The maximum absolute atomic E-state index is 12.3. The number of aromatic nitrogens is 2. The highest BCUT2D eigenvalue weighted by atomic mass is 32.1. The van der Waals surface area contributed by atoms with Crippen molar-refractivity contribution in [2.75, 3.05) is 11.9 Å². The fourth-order valence-corrected chi connectivity index (χ4v) is 3.39. The molecule has 1 amide bonds. The first kappa shape index (κ1) is 16.4. The smallest absolute Gasteiger partial charge is 0.261 e. The van der Waals surface area contributed by atoms with Crippen molar-refractivity contribution in [1.82, 2.24) is 15.3 Å². The van der Waals surface area contributed by atoms with Crippen LogP contribution in [0.3, 0.4) is 0 Å². The van der Waals surface area contributed by atoms with Gasteiger partial charge < -0.3 is 20.2 Å². The van der Waals surface area contributed by atoms with Crippen LogP contribution in [0.15, 0.2) is 29.1 Å². The number of rotatable bonds is 6. The Labute approximate surface area is 142 Å². The number of hydrogen-bond acceptors (Lipinski definition) is 7. The summed E-state index contributed by atoms with van der Waals surface area (Å²) in [5.74, 6) is 1.25. The molecule has 0 spiro atoms. The van der Waals surface area contributed by atoms with E-state index in [4.69, 9.17) is 4.42 Å². The summed E-state index contributed by atoms with van der Waals surface area (Å²) in [5.41, 5.74) is 0.820. The number of aryl methyl sites for hydroxylation is 1. The number of aliphatic hydroxyl groups is 1. The van der Waals surface area contributed by atoms with Gasteiger partial charge in [-0.25, -0.2) is 9.97 Å². The monoisotopic (exact) mass is 346 g/mol. The van der Waals surface area contributed by atoms with E-state index in [9.17, 15) is 9.90 Å². The van der Waals surface area contributed by atoms with E-state index in [2.05, 4.69) is 20.6 Å². The zero-order valence-electron chi connectivity index (χ0n) is 13.4. The summed E-state index contributed by atoms with van der Waals surface area (Å²) in [7, 11) is 0. The van der Waals surface area contributed by atoms with Crippen molar-refractivity contribution in [2.45, 2.75) is 26.5 Å². The number of anilines is 1. The van der Waals surface area contributed by atoms with Crippen LogP contribution < -0.4 is 10.6 Å². The van der Waals surface area contributed by atoms with Gasteiger partial charge >= 0.3 is 0 Å². The molecule has 0 fully saturated rings. The van der Waals surface area contributed by atoms with Crippen molar-refractivity contribution in [2.24, 2.45) is 0 Å². The third kappa shape index (κ3) is 3.39. The van der Waals surface area contributed by atoms with Gasteiger partial charge in [-0.1, -0.05) is 0 Å². The Morgan fingerprint density at radius 2 is 2.29 bits per heavy atom. The predicted octanol–water partition coefficient (Wildman–Crippen LogP) is 2.32. The van der Waals surface area contributed by atoms with Crippen LogP contribution in [0.5, 0.6) is 0 Å². The number of carbonyl (C=O) groups excluding carboxylic acids is 1. The van der Waals surface area contributed by atoms with E-state index in [1.807, 2.05) is 19.1 Å². The highest BCUT2D eigenvalue weighted by Crippen LogP contribution is 2.33. The van der Waals surface area contributed by atoms with Crippen molar-refractivity contribution < 1.29 is 14.3 Å². The third-order valence-electron chi connectivity index (χ3n) is 3.50. The normalized spacial score (nSPS) is 12.3. The number of aliphatic hydroxyl groups excluding tert-OH is 1. The molecule has 0 aliphatic heterocycles. The number of nitrogens with zero attached hydrogens (tertiary/aromatic N) is 2. The highest BCUT2D eigenvalue weighted by Gasteiger charge is 2.19. The summed E-state index contributed by atoms with van der Waals surface area (Å²) in [4.78, 5) is 22.2. The molecule has 0 saturated carbocycles. The van der Waals surface area contributed by atoms with Crippen molar-refractivity contribution in [3.63, 3.8) is 0 Å². The van der Waals surface area contributed by atoms with Crippen LogP contribution in [0.25, 0.3) is 10.2 Å². The first-order valence-corrected chi connectivity index (χ1v) is 8.34. The lowest BCUT2D eigenvalue weighted by Gasteiger charge is -2.07. The summed E-state index contributed by atoms with van der Waals surface area (Å²) in [6, 6.07) is 3.70. The standard InChI is InChI=1S/C16H18N4O3S/c1-9(21)6-18-15(22)13-10(2)12-14(19-8-20-16(12)24-13)17-7-11-4-3-5-23-11/h3-5,8-9,21H,6-7H2,1-2H3,(H,18,22)(H,17,19,20)/t9-/m1/s1. The molecule has 7 nitrogen and oxygen atoms in total. The molecule has 8 heteroatoms. The number of furan rings is 1. The van der Waals surface area contributed by atoms with Crippen molar-refractivity contribution in [1.29, 1.82) is 0 Å². The van der Waals surface area contributed by atoms with Crippen LogP contribution in [0.2, 0.25) is 0 Å². The number of nitrogens with one attached hydrogen (secondary N) is 2. The minimum atomic E-state index is -0.589. The van der Waals surface area contributed by atoms with Gasteiger partial charge in [-0.05, 0) is 31.5 Å². The second-order valence-electron chi connectivity index (χ2n) is 5.45. The Morgan fingerprint density at radius 1 is 1.46 bits per heavy atom. The molecule has 0 saturated heterocycles. The highest BCUT2D eigenvalue weighted by molar-refractivity contribution is 7.20. The van der Waals surface area contributed by atoms with Gasteiger partial charge in [0.15, 0.2) is 0 Å². The largest absolute Gasteiger partial charge is 0.467 e. The molecule has 3 aromatic heterocycles. The predicted molar refractivity (Wildman–Crippen MR) is 92.2 cm³/mol. The number of carbonyl (C=O) groups is 1. The van der Waals surface area contributed by atoms with E-state index in [1.165, 1.54) is 17.7 Å². The number of hydrogen-bond donors (Lipinski definition) is 3. The van der Waals surface area contributed by atoms with Gasteiger partial charge in [0.05, 0.1) is 29.2 Å². The Bertz CT molecular complexity index is 843. The van der Waals surface area contributed by atoms with Gasteiger partial charge in [-0.15, -0.1) is 11.3 Å². The fourth-order valence-electron chi connectivity index (χ4n) is 2.33. The summed E-state index contributed by atoms with van der Waals surface area (Å²) in [5, 5.41) is 16.1. The average Bonchev–Trinajstić information content (AvgIpc) is 3.19. The molecule has 1 atom stereocenters. The molecule has 126 valence electrons. The molecule has 0 unspecified atom stereocenters. The Hall–Kier alpha value is -2.45. The van der Waals surface area contributed by atoms with Gasteiger partial charge in [-0.3, -0.25) is 4.79 Å². The summed E-state index contributed by atoms with van der Waals surface area (Å²) in [6.07, 6.45) is 2.50. The van der Waals surface area contributed by atoms with Crippen LogP contribution in [0.4, 0.5) is 5.82 Å². The summed E-state index contributed by atoms with van der Waals surface area (Å²) >= 11 is 1.31. The third-order valence-corrected chi connectivity index (χ3v) is 4.70. The minimum absolute atomic E-state index is 0.210. The molecule has 0 radical (unpaired) electrons. The minimum Gasteiger partial charge on any atom is -0.467 e. The van der Waals surface area contributed by atoms with Gasteiger partial charge in [0.25, 0.3) is 5.91 Å². The van der Waals surface area contributed by atoms with Gasteiger partial charge in [-0.2, -0.15) is 0 Å². The maximum atomic E-state index is 12.3. The molecule has 0 aliphatic carbocycles. The molecule has 3 N–H and O–H groups in total. The zero-order chi connectivity index (χ0) is 17.1. The molecular weight excluding hydrogens is 328 g/mol. The number of thiophene rings is 1. The molecular formula is C16H18N4O3S. The van der Waals surface area contributed by atoms with E-state index in [1.54, 1.807) is 13.2 Å². The van der Waals surface area contributed by atoms with E-state index in [0.717, 1.165) is 21.5 Å². The average molecular weight is 346 g/mol. The molecule has 3 aromatic rings. The van der Waals surface area contributed by atoms with Crippen LogP contribution in [0, 0.1) is 6.92 Å². The van der Waals surface area contributed by atoms with Crippen LogP contribution in [-0.2, 0) is 6.54 Å². The van der Waals surface area contributed by atoms with Gasteiger partial charge in [0.1, 0.15) is 22.7 Å². The van der Waals surface area contributed by atoms with Gasteiger partial charge in [0.2, 0.25) is 0 Å². The quantitative estimate of drug-likeness (QED) is 0.633. The molecule has 0 aliphatic rings. The summed E-state index contributed by atoms with van der Waals surface area (Å²) < 4.78 is 5.30. The van der Waals surface area contributed by atoms with E-state index >= 15 is 0 Å². The fraction of sp³-hybridized carbons (Fsp3) is 0.312. The van der Waals surface area contributed by atoms with Crippen molar-refractivity contribution in [3.05, 3.63) is 40.9 Å². The first-order valence-electron chi connectivity index (χ1n) is 7.53. The van der Waals surface area contributed by atoms with E-state index in [0.29, 0.717) is 17.2 Å². The van der Waals surface area contributed by atoms with Crippen molar-refractivity contribution in [3.8, 4) is 0 Å². The number of fused-ring (bicyclic) bond motifs is 1. The van der Waals surface area contributed by atoms with Crippen LogP contribution in [-0.4, -0.2) is 33.6 Å². The summed E-state index contributed by atoms with van der Waals surface area (Å²) in [6.45, 7) is 4.21. The molecule has 3 rings (SSSR count). The van der Waals surface area contributed by atoms with Gasteiger partial charge in [0, 0.05) is 6.54 Å². The lowest BCUT2D eigenvalue weighted by Crippen LogP contribution is -2.30. The Morgan fingerprint density at radius 3 is 3.00 bits per heavy atom. The maximum Gasteiger partial charge on any atom is 0.261 e. The van der Waals surface area contributed by atoms with E-state index in [-0.39, 0.29) is 12.5 Å². The van der Waals surface area contributed by atoms with Crippen LogP contribution >= 0.6 is 11.3 Å². The zero-order valence-corrected chi connectivity index (χ0v) is 14.2. The Kier molecular flexibility index (Phi) is 4.77. The SMILES string of the molecule is Cc1c(C(=O)NC[C@@H](C)O)sc2ncnc(NCc3ccco3)c12. The topological polar surface area (TPSA) is 100 Å². The lowest BCUT2D eigenvalue weighted by molar-refractivity contribution is 0.0927. The van der Waals surface area contributed by atoms with Crippen LogP contribution in [0.1, 0.15) is 27.9 Å². The molecule has 3 heterocycles. The molecule has 0 aromatic carbocycles. The molecule has 24 heavy (non-hydrogen) atoms. The first-order chi connectivity index (χ1) is 11.6. The number of amides is 1. The van der Waals surface area contributed by atoms with Crippen molar-refractivity contribution >= 4 is 33.3 Å². The van der Waals surface area contributed by atoms with E-state index < -0.39 is 6.10 Å². The Balaban J connectivity index is 1.87. The lowest BCUT2D eigenvalue weighted by atomic mass is 10.2.